The molecule has 0 aliphatic heterocycles. The van der Waals surface area contributed by atoms with Crippen LogP contribution in [0.1, 0.15) is 58.9 Å². The first-order chi connectivity index (χ1) is 9.47. The molecule has 110 valence electrons. The molecule has 0 spiro atoms. The highest BCUT2D eigenvalue weighted by atomic mass is 15.0. The van der Waals surface area contributed by atoms with Gasteiger partial charge in [-0.15, -0.1) is 0 Å². The Balaban J connectivity index is 1.73. The highest BCUT2D eigenvalue weighted by Crippen LogP contribution is 2.65. The van der Waals surface area contributed by atoms with Crippen molar-refractivity contribution in [1.29, 1.82) is 0 Å². The third-order valence-corrected chi connectivity index (χ3v) is 6.63. The first-order valence-corrected chi connectivity index (χ1v) is 8.33. The maximum absolute atomic E-state index is 3.84. The van der Waals surface area contributed by atoms with Crippen molar-refractivity contribution in [3.05, 3.63) is 29.8 Å². The molecule has 3 unspecified atom stereocenters. The number of aryl methyl sites for hydroxylation is 1. The zero-order chi connectivity index (χ0) is 14.4. The summed E-state index contributed by atoms with van der Waals surface area (Å²) in [6.45, 7) is 9.71. The second kappa shape index (κ2) is 4.79. The summed E-state index contributed by atoms with van der Waals surface area (Å²) in [7, 11) is 0. The van der Waals surface area contributed by atoms with E-state index in [1.165, 1.54) is 43.4 Å². The van der Waals surface area contributed by atoms with Gasteiger partial charge in [-0.3, -0.25) is 0 Å². The van der Waals surface area contributed by atoms with Crippen LogP contribution in [-0.4, -0.2) is 6.04 Å². The lowest BCUT2D eigenvalue weighted by atomic mass is 9.69. The second-order valence-electron chi connectivity index (χ2n) is 7.75. The first kappa shape index (κ1) is 14.0. The van der Waals surface area contributed by atoms with E-state index in [1.807, 2.05) is 0 Å². The van der Waals surface area contributed by atoms with E-state index in [9.17, 15) is 0 Å². The Morgan fingerprint density at radius 2 is 1.85 bits per heavy atom. The normalized spacial score (nSPS) is 34.4. The van der Waals surface area contributed by atoms with Crippen LogP contribution >= 0.6 is 0 Å². The second-order valence-corrected chi connectivity index (χ2v) is 7.75. The van der Waals surface area contributed by atoms with Crippen molar-refractivity contribution in [1.82, 2.24) is 0 Å². The number of rotatable bonds is 4. The highest BCUT2D eigenvalue weighted by Gasteiger charge is 2.61. The Morgan fingerprint density at radius 3 is 2.35 bits per heavy atom. The van der Waals surface area contributed by atoms with Gasteiger partial charge in [0.2, 0.25) is 0 Å². The average Bonchev–Trinajstić information content (AvgIpc) is 2.74. The summed E-state index contributed by atoms with van der Waals surface area (Å²) in [5, 5.41) is 3.84. The fourth-order valence-electron chi connectivity index (χ4n) is 4.68. The molecule has 1 N–H and O–H groups in total. The zero-order valence-corrected chi connectivity index (χ0v) is 13.5. The van der Waals surface area contributed by atoms with Crippen LogP contribution in [0, 0.1) is 16.7 Å². The van der Waals surface area contributed by atoms with Crippen molar-refractivity contribution in [2.24, 2.45) is 16.7 Å². The minimum absolute atomic E-state index is 0.458. The smallest absolute Gasteiger partial charge is 0.0342 e. The molecule has 20 heavy (non-hydrogen) atoms. The van der Waals surface area contributed by atoms with Gasteiger partial charge in [0.15, 0.2) is 0 Å². The van der Waals surface area contributed by atoms with Crippen molar-refractivity contribution in [2.75, 3.05) is 5.32 Å². The molecule has 3 rings (SSSR count). The molecule has 2 aliphatic rings. The number of benzene rings is 1. The molecule has 0 heterocycles. The molecule has 1 nitrogen and oxygen atoms in total. The van der Waals surface area contributed by atoms with Crippen molar-refractivity contribution >= 4 is 5.69 Å². The van der Waals surface area contributed by atoms with Crippen molar-refractivity contribution in [3.63, 3.8) is 0 Å². The van der Waals surface area contributed by atoms with E-state index >= 15 is 0 Å². The van der Waals surface area contributed by atoms with Crippen LogP contribution in [0.2, 0.25) is 0 Å². The van der Waals surface area contributed by atoms with E-state index in [4.69, 9.17) is 0 Å². The summed E-state index contributed by atoms with van der Waals surface area (Å²) in [4.78, 5) is 0. The SMILES string of the molecule is CCCc1ccc(NC2CC3CCC2(C)C3(C)C)cc1. The molecular formula is C19H29N. The van der Waals surface area contributed by atoms with Gasteiger partial charge in [-0.1, -0.05) is 46.2 Å². The Labute approximate surface area is 124 Å². The summed E-state index contributed by atoms with van der Waals surface area (Å²) >= 11 is 0. The van der Waals surface area contributed by atoms with Crippen LogP contribution in [0.4, 0.5) is 5.69 Å². The molecule has 0 amide bonds. The molecule has 0 saturated heterocycles. The summed E-state index contributed by atoms with van der Waals surface area (Å²) < 4.78 is 0. The van der Waals surface area contributed by atoms with Gasteiger partial charge in [-0.2, -0.15) is 0 Å². The Morgan fingerprint density at radius 1 is 1.15 bits per heavy atom. The molecular weight excluding hydrogens is 242 g/mol. The van der Waals surface area contributed by atoms with Crippen LogP contribution in [-0.2, 0) is 6.42 Å². The predicted molar refractivity (Wildman–Crippen MR) is 87.1 cm³/mol. The molecule has 2 bridgehead atoms. The first-order valence-electron chi connectivity index (χ1n) is 8.33. The average molecular weight is 271 g/mol. The highest BCUT2D eigenvalue weighted by molar-refractivity contribution is 5.46. The lowest BCUT2D eigenvalue weighted by molar-refractivity contribution is 0.142. The molecule has 1 aromatic rings. The molecule has 3 atom stereocenters. The van der Waals surface area contributed by atoms with Gasteiger partial charge >= 0.3 is 0 Å². The van der Waals surface area contributed by atoms with Gasteiger partial charge in [0.25, 0.3) is 0 Å². The third-order valence-electron chi connectivity index (χ3n) is 6.63. The molecule has 2 aliphatic carbocycles. The van der Waals surface area contributed by atoms with Gasteiger partial charge in [0.05, 0.1) is 0 Å². The monoisotopic (exact) mass is 271 g/mol. The number of anilines is 1. The fraction of sp³-hybridized carbons (Fsp3) is 0.684. The Hall–Kier alpha value is -0.980. The molecule has 0 aromatic heterocycles. The van der Waals surface area contributed by atoms with Crippen LogP contribution in [0.15, 0.2) is 24.3 Å². The van der Waals surface area contributed by atoms with Gasteiger partial charge in [0.1, 0.15) is 0 Å². The molecule has 1 heteroatoms. The standard InChI is InChI=1S/C19H29N/c1-5-6-14-7-9-16(10-8-14)20-17-13-15-11-12-19(17,4)18(15,2)3/h7-10,15,17,20H,5-6,11-13H2,1-4H3. The van der Waals surface area contributed by atoms with Crippen LogP contribution < -0.4 is 5.32 Å². The number of hydrogen-bond donors (Lipinski definition) is 1. The maximum atomic E-state index is 3.84. The molecule has 1 aromatic carbocycles. The quantitative estimate of drug-likeness (QED) is 0.787. The van der Waals surface area contributed by atoms with E-state index in [1.54, 1.807) is 0 Å². The van der Waals surface area contributed by atoms with Crippen molar-refractivity contribution < 1.29 is 0 Å². The minimum atomic E-state index is 0.458. The lowest BCUT2D eigenvalue weighted by Gasteiger charge is -2.40. The van der Waals surface area contributed by atoms with Crippen LogP contribution in [0.25, 0.3) is 0 Å². The number of fused-ring (bicyclic) bond motifs is 2. The minimum Gasteiger partial charge on any atom is -0.382 e. The summed E-state index contributed by atoms with van der Waals surface area (Å²) in [5.74, 6) is 0.907. The topological polar surface area (TPSA) is 12.0 Å². The maximum Gasteiger partial charge on any atom is 0.0342 e. The third kappa shape index (κ3) is 1.98. The van der Waals surface area contributed by atoms with E-state index in [2.05, 4.69) is 57.3 Å². The van der Waals surface area contributed by atoms with E-state index in [-0.39, 0.29) is 0 Å². The fourth-order valence-corrected chi connectivity index (χ4v) is 4.68. The summed E-state index contributed by atoms with van der Waals surface area (Å²) in [5.41, 5.74) is 3.71. The molecule has 2 fully saturated rings. The van der Waals surface area contributed by atoms with Gasteiger partial charge in [-0.05, 0) is 60.1 Å². The number of nitrogens with one attached hydrogen (secondary N) is 1. The van der Waals surface area contributed by atoms with Crippen molar-refractivity contribution in [3.8, 4) is 0 Å². The van der Waals surface area contributed by atoms with Gasteiger partial charge < -0.3 is 5.32 Å². The van der Waals surface area contributed by atoms with Crippen molar-refractivity contribution in [2.45, 2.75) is 65.8 Å². The lowest BCUT2D eigenvalue weighted by Crippen LogP contribution is -2.40. The van der Waals surface area contributed by atoms with E-state index in [0.717, 1.165) is 5.92 Å². The molecule has 0 radical (unpaired) electrons. The summed E-state index contributed by atoms with van der Waals surface area (Å²) in [6, 6.07) is 9.76. The van der Waals surface area contributed by atoms with Gasteiger partial charge in [-0.25, -0.2) is 0 Å². The molecule has 2 saturated carbocycles. The van der Waals surface area contributed by atoms with E-state index in [0.29, 0.717) is 16.9 Å². The zero-order valence-electron chi connectivity index (χ0n) is 13.5. The number of hydrogen-bond acceptors (Lipinski definition) is 1. The van der Waals surface area contributed by atoms with Crippen LogP contribution in [0.3, 0.4) is 0 Å². The summed E-state index contributed by atoms with van der Waals surface area (Å²) in [6.07, 6.45) is 6.58. The Kier molecular flexibility index (Phi) is 3.35. The Bertz CT molecular complexity index is 473. The predicted octanol–water partition coefficient (Wildman–Crippen LogP) is 5.27. The van der Waals surface area contributed by atoms with Crippen LogP contribution in [0.5, 0.6) is 0 Å². The van der Waals surface area contributed by atoms with E-state index < -0.39 is 0 Å². The largest absolute Gasteiger partial charge is 0.382 e. The van der Waals surface area contributed by atoms with Gasteiger partial charge in [0, 0.05) is 11.7 Å².